The van der Waals surface area contributed by atoms with Gasteiger partial charge in [-0.2, -0.15) is 0 Å². The quantitative estimate of drug-likeness (QED) is 0.922. The van der Waals surface area contributed by atoms with Crippen LogP contribution in [-0.2, 0) is 0 Å². The van der Waals surface area contributed by atoms with Gasteiger partial charge in [-0.3, -0.25) is 0 Å². The van der Waals surface area contributed by atoms with Gasteiger partial charge in [0.15, 0.2) is 0 Å². The van der Waals surface area contributed by atoms with Crippen molar-refractivity contribution >= 4 is 21.6 Å². The zero-order valence-electron chi connectivity index (χ0n) is 9.62. The maximum atomic E-state index is 9.05. The molecule has 2 rings (SSSR count). The van der Waals surface area contributed by atoms with Crippen LogP contribution >= 0.6 is 15.9 Å². The lowest BCUT2D eigenvalue weighted by atomic mass is 10.1. The Kier molecular flexibility index (Phi) is 3.87. The Balaban J connectivity index is 2.19. The van der Waals surface area contributed by atoms with Gasteiger partial charge in [-0.25, -0.2) is 0 Å². The fourth-order valence-corrected chi connectivity index (χ4v) is 2.75. The number of anilines is 1. The van der Waals surface area contributed by atoms with Gasteiger partial charge in [-0.05, 0) is 43.9 Å². The van der Waals surface area contributed by atoms with Crippen LogP contribution in [0.4, 0.5) is 5.69 Å². The lowest BCUT2D eigenvalue weighted by Crippen LogP contribution is -2.29. The van der Waals surface area contributed by atoms with E-state index in [1.807, 2.05) is 0 Å². The largest absolute Gasteiger partial charge is 0.396 e. The van der Waals surface area contributed by atoms with Crippen LogP contribution in [0.25, 0.3) is 0 Å². The van der Waals surface area contributed by atoms with E-state index in [1.54, 1.807) is 0 Å². The number of hydrogen-bond acceptors (Lipinski definition) is 2. The fourth-order valence-electron chi connectivity index (χ4n) is 2.39. The maximum Gasteiger partial charge on any atom is 0.0450 e. The molecular formula is C13H18BrNO. The summed E-state index contributed by atoms with van der Waals surface area (Å²) in [6.07, 6.45) is 3.31. The molecule has 88 valence electrons. The van der Waals surface area contributed by atoms with Gasteiger partial charge in [0.05, 0.1) is 0 Å². The number of hydrogen-bond donors (Lipinski definition) is 1. The van der Waals surface area contributed by atoms with E-state index in [0.29, 0.717) is 6.04 Å². The van der Waals surface area contributed by atoms with Crippen molar-refractivity contribution in [1.82, 2.24) is 0 Å². The van der Waals surface area contributed by atoms with Gasteiger partial charge in [-0.15, -0.1) is 0 Å². The van der Waals surface area contributed by atoms with Crippen LogP contribution in [0.2, 0.25) is 0 Å². The van der Waals surface area contributed by atoms with Gasteiger partial charge in [0.2, 0.25) is 0 Å². The van der Waals surface area contributed by atoms with Crippen LogP contribution in [0.5, 0.6) is 0 Å². The maximum absolute atomic E-state index is 9.05. The first-order valence-electron chi connectivity index (χ1n) is 5.86. The SMILES string of the molecule is Cc1ccc(N2CCCC2CCO)cc1Br. The third-order valence-electron chi connectivity index (χ3n) is 3.33. The van der Waals surface area contributed by atoms with Crippen molar-refractivity contribution in [2.24, 2.45) is 0 Å². The van der Waals surface area contributed by atoms with Gasteiger partial charge in [0.1, 0.15) is 0 Å². The third-order valence-corrected chi connectivity index (χ3v) is 4.18. The summed E-state index contributed by atoms with van der Waals surface area (Å²) in [5.74, 6) is 0. The monoisotopic (exact) mass is 283 g/mol. The minimum absolute atomic E-state index is 0.286. The van der Waals surface area contributed by atoms with Crippen LogP contribution < -0.4 is 4.90 Å². The molecule has 0 radical (unpaired) electrons. The summed E-state index contributed by atoms with van der Waals surface area (Å²) >= 11 is 3.58. The first-order valence-corrected chi connectivity index (χ1v) is 6.65. The van der Waals surface area contributed by atoms with Crippen LogP contribution in [0.1, 0.15) is 24.8 Å². The van der Waals surface area contributed by atoms with E-state index in [9.17, 15) is 0 Å². The number of aryl methyl sites for hydroxylation is 1. The highest BCUT2D eigenvalue weighted by molar-refractivity contribution is 9.10. The van der Waals surface area contributed by atoms with E-state index in [2.05, 4.69) is 46.0 Å². The fraction of sp³-hybridized carbons (Fsp3) is 0.538. The van der Waals surface area contributed by atoms with Crippen molar-refractivity contribution in [2.45, 2.75) is 32.2 Å². The normalized spacial score (nSPS) is 20.4. The lowest BCUT2D eigenvalue weighted by Gasteiger charge is -2.26. The Morgan fingerprint density at radius 2 is 2.31 bits per heavy atom. The summed E-state index contributed by atoms with van der Waals surface area (Å²) in [4.78, 5) is 2.42. The van der Waals surface area contributed by atoms with Crippen LogP contribution in [0, 0.1) is 6.92 Å². The highest BCUT2D eigenvalue weighted by atomic mass is 79.9. The molecule has 0 spiro atoms. The van der Waals surface area contributed by atoms with Crippen molar-refractivity contribution in [3.8, 4) is 0 Å². The molecule has 1 aromatic carbocycles. The molecule has 1 fully saturated rings. The molecule has 1 unspecified atom stereocenters. The van der Waals surface area contributed by atoms with Crippen molar-refractivity contribution < 1.29 is 5.11 Å². The van der Waals surface area contributed by atoms with Crippen LogP contribution in [0.15, 0.2) is 22.7 Å². The second kappa shape index (κ2) is 5.19. The molecule has 3 heteroatoms. The number of aliphatic hydroxyl groups excluding tert-OH is 1. The molecule has 0 bridgehead atoms. The summed E-state index contributed by atoms with van der Waals surface area (Å²) < 4.78 is 1.17. The molecule has 1 saturated heterocycles. The summed E-state index contributed by atoms with van der Waals surface area (Å²) in [7, 11) is 0. The molecule has 16 heavy (non-hydrogen) atoms. The van der Waals surface area contributed by atoms with E-state index < -0.39 is 0 Å². The van der Waals surface area contributed by atoms with Gasteiger partial charge < -0.3 is 10.0 Å². The predicted molar refractivity (Wildman–Crippen MR) is 70.9 cm³/mol. The summed E-state index contributed by atoms with van der Waals surface area (Å²) in [5.41, 5.74) is 2.54. The summed E-state index contributed by atoms with van der Waals surface area (Å²) in [6, 6.07) is 7.02. The van der Waals surface area contributed by atoms with E-state index in [-0.39, 0.29) is 6.61 Å². The Morgan fingerprint density at radius 1 is 1.50 bits per heavy atom. The van der Waals surface area contributed by atoms with Crippen molar-refractivity contribution in [1.29, 1.82) is 0 Å². The van der Waals surface area contributed by atoms with Crippen molar-refractivity contribution in [3.63, 3.8) is 0 Å². The standard InChI is InChI=1S/C13H18BrNO/c1-10-4-5-12(9-13(10)14)15-7-2-3-11(15)6-8-16/h4-5,9,11,16H,2-3,6-8H2,1H3. The number of nitrogens with zero attached hydrogens (tertiary/aromatic N) is 1. The van der Waals surface area contributed by atoms with Gasteiger partial charge in [0.25, 0.3) is 0 Å². The smallest absolute Gasteiger partial charge is 0.0450 e. The first kappa shape index (κ1) is 11.9. The van der Waals surface area contributed by atoms with Crippen molar-refractivity contribution in [3.05, 3.63) is 28.2 Å². The number of aliphatic hydroxyl groups is 1. The highest BCUT2D eigenvalue weighted by Gasteiger charge is 2.24. The molecule has 0 aliphatic carbocycles. The second-order valence-corrected chi connectivity index (χ2v) is 5.29. The molecule has 0 amide bonds. The number of benzene rings is 1. The Morgan fingerprint density at radius 3 is 3.00 bits per heavy atom. The topological polar surface area (TPSA) is 23.5 Å². The Labute approximate surface area is 105 Å². The van der Waals surface area contributed by atoms with E-state index in [0.717, 1.165) is 13.0 Å². The van der Waals surface area contributed by atoms with E-state index in [4.69, 9.17) is 5.11 Å². The number of rotatable bonds is 3. The average molecular weight is 284 g/mol. The molecule has 1 aromatic rings. The molecule has 0 aromatic heterocycles. The third kappa shape index (κ3) is 2.41. The first-order chi connectivity index (χ1) is 7.72. The van der Waals surface area contributed by atoms with Crippen LogP contribution in [-0.4, -0.2) is 24.3 Å². The zero-order chi connectivity index (χ0) is 11.5. The Bertz CT molecular complexity index is 367. The molecule has 2 nitrogen and oxygen atoms in total. The molecular weight excluding hydrogens is 266 g/mol. The molecule has 1 atom stereocenters. The lowest BCUT2D eigenvalue weighted by molar-refractivity contribution is 0.276. The Hall–Kier alpha value is -0.540. The molecule has 1 aliphatic rings. The number of halogens is 1. The second-order valence-electron chi connectivity index (χ2n) is 4.44. The average Bonchev–Trinajstić information content (AvgIpc) is 2.71. The molecule has 1 aliphatic heterocycles. The van der Waals surface area contributed by atoms with Crippen LogP contribution in [0.3, 0.4) is 0 Å². The van der Waals surface area contributed by atoms with Gasteiger partial charge in [0, 0.05) is 29.4 Å². The minimum atomic E-state index is 0.286. The van der Waals surface area contributed by atoms with Gasteiger partial charge in [-0.1, -0.05) is 22.0 Å². The summed E-state index contributed by atoms with van der Waals surface area (Å²) in [6.45, 7) is 3.50. The predicted octanol–water partition coefficient (Wildman–Crippen LogP) is 3.11. The molecule has 1 heterocycles. The minimum Gasteiger partial charge on any atom is -0.396 e. The molecule has 1 N–H and O–H groups in total. The van der Waals surface area contributed by atoms with Gasteiger partial charge >= 0.3 is 0 Å². The highest BCUT2D eigenvalue weighted by Crippen LogP contribution is 2.30. The van der Waals surface area contributed by atoms with E-state index in [1.165, 1.54) is 28.6 Å². The molecule has 0 saturated carbocycles. The summed E-state index contributed by atoms with van der Waals surface area (Å²) in [5, 5.41) is 9.05. The zero-order valence-corrected chi connectivity index (χ0v) is 11.2. The van der Waals surface area contributed by atoms with E-state index >= 15 is 0 Å². The van der Waals surface area contributed by atoms with Crippen molar-refractivity contribution in [2.75, 3.05) is 18.1 Å².